The van der Waals surface area contributed by atoms with Crippen LogP contribution in [-0.2, 0) is 6.54 Å². The normalized spacial score (nSPS) is 10.3. The van der Waals surface area contributed by atoms with Crippen molar-refractivity contribution in [3.8, 4) is 0 Å². The molecule has 0 saturated heterocycles. The summed E-state index contributed by atoms with van der Waals surface area (Å²) in [6, 6.07) is 13.8. The molecule has 5 nitrogen and oxygen atoms in total. The summed E-state index contributed by atoms with van der Waals surface area (Å²) in [5.74, 6) is -0.282. The standard InChI is InChI=1S/C18H20ClN3O2/c1-12(2)21-18(24)22-16-10-6-4-8-14(16)17(23)20-11-13-7-3-5-9-15(13)19/h3-10,12H,11H2,1-2H3,(H,20,23)(H2,21,22,24). The average Bonchev–Trinajstić information content (AvgIpc) is 2.53. The third kappa shape index (κ3) is 4.99. The first-order valence-corrected chi connectivity index (χ1v) is 8.03. The van der Waals surface area contributed by atoms with E-state index in [1.165, 1.54) is 0 Å². The maximum atomic E-state index is 12.4. The minimum absolute atomic E-state index is 0.00575. The molecular formula is C18H20ClN3O2. The van der Waals surface area contributed by atoms with Crippen LogP contribution >= 0.6 is 11.6 Å². The quantitative estimate of drug-likeness (QED) is 0.771. The highest BCUT2D eigenvalue weighted by molar-refractivity contribution is 6.31. The molecule has 0 aromatic heterocycles. The van der Waals surface area contributed by atoms with E-state index in [1.54, 1.807) is 30.3 Å². The fraction of sp³-hybridized carbons (Fsp3) is 0.222. The Bertz CT molecular complexity index is 732. The summed E-state index contributed by atoms with van der Waals surface area (Å²) >= 11 is 6.09. The van der Waals surface area contributed by atoms with Gasteiger partial charge in [0.2, 0.25) is 0 Å². The second kappa shape index (κ2) is 8.36. The van der Waals surface area contributed by atoms with Crippen molar-refractivity contribution >= 4 is 29.2 Å². The van der Waals surface area contributed by atoms with E-state index in [0.29, 0.717) is 22.8 Å². The minimum atomic E-state index is -0.351. The molecule has 0 fully saturated rings. The van der Waals surface area contributed by atoms with Crippen LogP contribution in [0.2, 0.25) is 5.02 Å². The van der Waals surface area contributed by atoms with Crippen LogP contribution in [0.4, 0.5) is 10.5 Å². The second-order valence-electron chi connectivity index (χ2n) is 5.57. The van der Waals surface area contributed by atoms with Gasteiger partial charge in [-0.2, -0.15) is 0 Å². The molecule has 126 valence electrons. The molecule has 0 spiro atoms. The molecular weight excluding hydrogens is 326 g/mol. The first kappa shape index (κ1) is 17.8. The van der Waals surface area contributed by atoms with Crippen LogP contribution in [0.3, 0.4) is 0 Å². The van der Waals surface area contributed by atoms with Crippen molar-refractivity contribution < 1.29 is 9.59 Å². The van der Waals surface area contributed by atoms with Gasteiger partial charge in [0.15, 0.2) is 0 Å². The molecule has 2 rings (SSSR count). The van der Waals surface area contributed by atoms with Gasteiger partial charge >= 0.3 is 6.03 Å². The summed E-state index contributed by atoms with van der Waals surface area (Å²) < 4.78 is 0. The zero-order valence-electron chi connectivity index (χ0n) is 13.6. The number of hydrogen-bond acceptors (Lipinski definition) is 2. The number of rotatable bonds is 5. The Hall–Kier alpha value is -2.53. The van der Waals surface area contributed by atoms with Gasteiger partial charge in [0.05, 0.1) is 11.3 Å². The molecule has 3 amide bonds. The minimum Gasteiger partial charge on any atom is -0.348 e. The van der Waals surface area contributed by atoms with E-state index in [2.05, 4.69) is 16.0 Å². The Labute approximate surface area is 146 Å². The highest BCUT2D eigenvalue weighted by Gasteiger charge is 2.13. The van der Waals surface area contributed by atoms with Crippen LogP contribution in [0.25, 0.3) is 0 Å². The van der Waals surface area contributed by atoms with E-state index in [0.717, 1.165) is 5.56 Å². The van der Waals surface area contributed by atoms with Gasteiger partial charge in [0.1, 0.15) is 0 Å². The summed E-state index contributed by atoms with van der Waals surface area (Å²) in [4.78, 5) is 24.3. The van der Waals surface area contributed by atoms with Crippen LogP contribution < -0.4 is 16.0 Å². The van der Waals surface area contributed by atoms with Gasteiger partial charge in [-0.05, 0) is 37.6 Å². The van der Waals surface area contributed by atoms with Crippen LogP contribution in [0.15, 0.2) is 48.5 Å². The monoisotopic (exact) mass is 345 g/mol. The van der Waals surface area contributed by atoms with Gasteiger partial charge in [-0.25, -0.2) is 4.79 Å². The fourth-order valence-corrected chi connectivity index (χ4v) is 2.33. The van der Waals surface area contributed by atoms with Crippen LogP contribution in [0, 0.1) is 0 Å². The molecule has 0 bridgehead atoms. The lowest BCUT2D eigenvalue weighted by atomic mass is 10.1. The summed E-state index contributed by atoms with van der Waals surface area (Å²) in [5.41, 5.74) is 1.67. The number of amides is 3. The Morgan fingerprint density at radius 2 is 1.71 bits per heavy atom. The van der Waals surface area contributed by atoms with Crippen molar-refractivity contribution in [3.63, 3.8) is 0 Å². The number of halogens is 1. The highest BCUT2D eigenvalue weighted by atomic mass is 35.5. The highest BCUT2D eigenvalue weighted by Crippen LogP contribution is 2.17. The molecule has 0 radical (unpaired) electrons. The molecule has 0 saturated carbocycles. The molecule has 0 aliphatic heterocycles. The summed E-state index contributed by atoms with van der Waals surface area (Å²) in [5, 5.41) is 8.83. The Morgan fingerprint density at radius 3 is 2.42 bits per heavy atom. The summed E-state index contributed by atoms with van der Waals surface area (Å²) in [6.07, 6.45) is 0. The molecule has 6 heteroatoms. The molecule has 2 aromatic rings. The lowest BCUT2D eigenvalue weighted by Gasteiger charge is -2.14. The maximum Gasteiger partial charge on any atom is 0.319 e. The van der Waals surface area contributed by atoms with E-state index in [4.69, 9.17) is 11.6 Å². The van der Waals surface area contributed by atoms with Gasteiger partial charge in [0.25, 0.3) is 5.91 Å². The first-order valence-electron chi connectivity index (χ1n) is 7.65. The summed E-state index contributed by atoms with van der Waals surface area (Å²) in [7, 11) is 0. The lowest BCUT2D eigenvalue weighted by Crippen LogP contribution is -2.35. The van der Waals surface area contributed by atoms with E-state index in [-0.39, 0.29) is 18.0 Å². The molecule has 2 aromatic carbocycles. The van der Waals surface area contributed by atoms with E-state index >= 15 is 0 Å². The topological polar surface area (TPSA) is 70.2 Å². The van der Waals surface area contributed by atoms with Gasteiger partial charge in [-0.15, -0.1) is 0 Å². The largest absolute Gasteiger partial charge is 0.348 e. The zero-order valence-corrected chi connectivity index (χ0v) is 14.4. The Kier molecular flexibility index (Phi) is 6.21. The average molecular weight is 346 g/mol. The maximum absolute atomic E-state index is 12.4. The SMILES string of the molecule is CC(C)NC(=O)Nc1ccccc1C(=O)NCc1ccccc1Cl. The van der Waals surface area contributed by atoms with Gasteiger partial charge in [-0.3, -0.25) is 4.79 Å². The third-order valence-electron chi connectivity index (χ3n) is 3.24. The Morgan fingerprint density at radius 1 is 1.04 bits per heavy atom. The molecule has 0 aliphatic rings. The van der Waals surface area contributed by atoms with E-state index in [1.807, 2.05) is 32.0 Å². The number of hydrogen-bond donors (Lipinski definition) is 3. The predicted octanol–water partition coefficient (Wildman–Crippen LogP) is 3.80. The Balaban J connectivity index is 2.07. The third-order valence-corrected chi connectivity index (χ3v) is 3.61. The van der Waals surface area contributed by atoms with Crippen molar-refractivity contribution in [1.29, 1.82) is 0 Å². The van der Waals surface area contributed by atoms with Crippen LogP contribution in [-0.4, -0.2) is 18.0 Å². The molecule has 0 atom stereocenters. The van der Waals surface area contributed by atoms with Crippen molar-refractivity contribution in [3.05, 3.63) is 64.7 Å². The first-order chi connectivity index (χ1) is 11.5. The molecule has 0 aliphatic carbocycles. The van der Waals surface area contributed by atoms with Crippen molar-refractivity contribution in [2.24, 2.45) is 0 Å². The number of urea groups is 1. The summed E-state index contributed by atoms with van der Waals surface area (Å²) in [6.45, 7) is 4.04. The second-order valence-corrected chi connectivity index (χ2v) is 5.98. The van der Waals surface area contributed by atoms with Gasteiger partial charge in [-0.1, -0.05) is 41.9 Å². The molecule has 3 N–H and O–H groups in total. The molecule has 24 heavy (non-hydrogen) atoms. The smallest absolute Gasteiger partial charge is 0.319 e. The van der Waals surface area contributed by atoms with Crippen molar-refractivity contribution in [1.82, 2.24) is 10.6 Å². The van der Waals surface area contributed by atoms with Crippen molar-refractivity contribution in [2.75, 3.05) is 5.32 Å². The van der Waals surface area contributed by atoms with E-state index in [9.17, 15) is 9.59 Å². The molecule has 0 unspecified atom stereocenters. The van der Waals surface area contributed by atoms with Crippen LogP contribution in [0.1, 0.15) is 29.8 Å². The van der Waals surface area contributed by atoms with Gasteiger partial charge < -0.3 is 16.0 Å². The number of carbonyl (C=O) groups is 2. The molecule has 0 heterocycles. The van der Waals surface area contributed by atoms with Gasteiger partial charge in [0, 0.05) is 17.6 Å². The fourth-order valence-electron chi connectivity index (χ4n) is 2.12. The number of nitrogens with one attached hydrogen (secondary N) is 3. The van der Waals surface area contributed by atoms with Crippen LogP contribution in [0.5, 0.6) is 0 Å². The number of carbonyl (C=O) groups excluding carboxylic acids is 2. The number of benzene rings is 2. The zero-order chi connectivity index (χ0) is 17.5. The predicted molar refractivity (Wildman–Crippen MR) is 96.4 cm³/mol. The lowest BCUT2D eigenvalue weighted by molar-refractivity contribution is 0.0952. The van der Waals surface area contributed by atoms with Crippen molar-refractivity contribution in [2.45, 2.75) is 26.4 Å². The van der Waals surface area contributed by atoms with E-state index < -0.39 is 0 Å². The number of anilines is 1. The number of para-hydroxylation sites is 1.